The van der Waals surface area contributed by atoms with Gasteiger partial charge in [0.2, 0.25) is 0 Å². The summed E-state index contributed by atoms with van der Waals surface area (Å²) < 4.78 is 43.2. The molecular formula is C27H36N5O10P. The van der Waals surface area contributed by atoms with Gasteiger partial charge >= 0.3 is 25.5 Å². The number of carbonyl (C=O) groups is 2. The number of hydrogen-bond acceptors (Lipinski definition) is 11. The first-order valence-electron chi connectivity index (χ1n) is 13.5. The van der Waals surface area contributed by atoms with Crippen molar-refractivity contribution in [1.29, 1.82) is 5.26 Å². The van der Waals surface area contributed by atoms with Crippen molar-refractivity contribution in [2.45, 2.75) is 78.2 Å². The minimum Gasteiger partial charge on any atom is -0.462 e. The first kappa shape index (κ1) is 33.5. The number of aromatic amines is 1. The SMILES string of the molecule is CC(C)NC(=O)OC1C(COP(=O)(NC(C)C(=O)OC(C)C)Oc2ccccc2)OC(n2ccc(=O)[nH]c2=O)C1(C)C#N. The van der Waals surface area contributed by atoms with Crippen LogP contribution in [0.25, 0.3) is 0 Å². The van der Waals surface area contributed by atoms with Gasteiger partial charge in [-0.05, 0) is 53.7 Å². The number of rotatable bonds is 12. The summed E-state index contributed by atoms with van der Waals surface area (Å²) in [6.07, 6.45) is -4.19. The number of ether oxygens (including phenoxy) is 3. The largest absolute Gasteiger partial charge is 0.462 e. The zero-order valence-corrected chi connectivity index (χ0v) is 25.5. The van der Waals surface area contributed by atoms with Gasteiger partial charge in [-0.15, -0.1) is 0 Å². The van der Waals surface area contributed by atoms with E-state index in [-0.39, 0.29) is 11.8 Å². The molecule has 6 unspecified atom stereocenters. The second kappa shape index (κ2) is 14.0. The van der Waals surface area contributed by atoms with Crippen LogP contribution in [0, 0.1) is 16.7 Å². The third kappa shape index (κ3) is 8.55. The van der Waals surface area contributed by atoms with E-state index in [1.165, 1.54) is 26.0 Å². The molecule has 2 aromatic rings. The number of H-pyrrole nitrogens is 1. The molecule has 1 aromatic carbocycles. The van der Waals surface area contributed by atoms with E-state index in [2.05, 4.69) is 21.5 Å². The molecule has 234 valence electrons. The molecule has 0 saturated carbocycles. The number of hydrogen-bond donors (Lipinski definition) is 3. The average Bonchev–Trinajstić information content (AvgIpc) is 3.18. The van der Waals surface area contributed by atoms with Crippen LogP contribution in [0.2, 0.25) is 0 Å². The van der Waals surface area contributed by atoms with Gasteiger partial charge in [0.05, 0.1) is 18.8 Å². The zero-order valence-electron chi connectivity index (χ0n) is 24.6. The van der Waals surface area contributed by atoms with E-state index in [1.54, 1.807) is 45.9 Å². The van der Waals surface area contributed by atoms with Crippen LogP contribution in [0.4, 0.5) is 4.79 Å². The fraction of sp³-hybridized carbons (Fsp3) is 0.519. The smallest absolute Gasteiger partial charge is 0.459 e. The first-order chi connectivity index (χ1) is 20.2. The topological polar surface area (TPSA) is 200 Å². The van der Waals surface area contributed by atoms with Gasteiger partial charge < -0.3 is 24.1 Å². The standard InChI is InChI=1S/C27H36N5O10P/c1-16(2)29-26(36)41-22-20(40-24(27(22,6)15-28)32-13-12-21(33)30-25(32)35)14-38-43(37,42-19-10-8-7-9-11-19)31-18(5)23(34)39-17(3)4/h7-13,16-18,20,22,24H,14H2,1-6H3,(H,29,36)(H,31,37)(H,30,33,35). The van der Waals surface area contributed by atoms with Gasteiger partial charge in [-0.2, -0.15) is 10.3 Å². The van der Waals surface area contributed by atoms with Crippen LogP contribution < -0.4 is 26.2 Å². The number of esters is 1. The van der Waals surface area contributed by atoms with Crippen molar-refractivity contribution in [3.8, 4) is 11.8 Å². The van der Waals surface area contributed by atoms with E-state index < -0.39 is 73.7 Å². The Labute approximate surface area is 248 Å². The summed E-state index contributed by atoms with van der Waals surface area (Å²) in [5.41, 5.74) is -3.24. The summed E-state index contributed by atoms with van der Waals surface area (Å²) in [5.74, 6) is -0.563. The lowest BCUT2D eigenvalue weighted by Gasteiger charge is -2.29. The summed E-state index contributed by atoms with van der Waals surface area (Å²) in [6, 6.07) is 9.71. The minimum atomic E-state index is -4.37. The van der Waals surface area contributed by atoms with Crippen molar-refractivity contribution < 1.29 is 37.4 Å². The molecule has 43 heavy (non-hydrogen) atoms. The Morgan fingerprint density at radius 3 is 2.42 bits per heavy atom. The number of amides is 1. The molecule has 3 rings (SSSR count). The number of benzene rings is 1. The molecule has 6 atom stereocenters. The molecule has 1 aliphatic rings. The Kier molecular flexibility index (Phi) is 10.9. The lowest BCUT2D eigenvalue weighted by atomic mass is 9.83. The van der Waals surface area contributed by atoms with Crippen LogP contribution in [0.15, 0.2) is 52.2 Å². The molecular weight excluding hydrogens is 585 g/mol. The van der Waals surface area contributed by atoms with Crippen molar-refractivity contribution in [3.63, 3.8) is 0 Å². The van der Waals surface area contributed by atoms with Crippen LogP contribution in [0.5, 0.6) is 5.75 Å². The van der Waals surface area contributed by atoms with Crippen LogP contribution in [0.3, 0.4) is 0 Å². The second-order valence-electron chi connectivity index (χ2n) is 10.6. The molecule has 3 N–H and O–H groups in total. The summed E-state index contributed by atoms with van der Waals surface area (Å²) in [6.45, 7) is 8.95. The summed E-state index contributed by atoms with van der Waals surface area (Å²) in [5, 5.41) is 15.4. The Morgan fingerprint density at radius 2 is 1.84 bits per heavy atom. The minimum absolute atomic E-state index is 0.152. The second-order valence-corrected chi connectivity index (χ2v) is 12.3. The van der Waals surface area contributed by atoms with Gasteiger partial charge in [-0.3, -0.25) is 23.7 Å². The van der Waals surface area contributed by atoms with Gasteiger partial charge in [0, 0.05) is 18.3 Å². The molecule has 1 amide bonds. The molecule has 16 heteroatoms. The molecule has 0 bridgehead atoms. The van der Waals surface area contributed by atoms with Crippen molar-refractivity contribution in [1.82, 2.24) is 20.0 Å². The third-order valence-corrected chi connectivity index (χ3v) is 7.81. The van der Waals surface area contributed by atoms with Crippen molar-refractivity contribution in [3.05, 3.63) is 63.4 Å². The fourth-order valence-corrected chi connectivity index (χ4v) is 5.71. The average molecular weight is 622 g/mol. The molecule has 1 fully saturated rings. The maximum atomic E-state index is 14.0. The highest BCUT2D eigenvalue weighted by Crippen LogP contribution is 2.49. The highest BCUT2D eigenvalue weighted by molar-refractivity contribution is 7.52. The van der Waals surface area contributed by atoms with E-state index in [0.717, 1.165) is 16.8 Å². The van der Waals surface area contributed by atoms with Crippen LogP contribution in [-0.2, 0) is 28.1 Å². The monoisotopic (exact) mass is 621 g/mol. The first-order valence-corrected chi connectivity index (χ1v) is 15.0. The van der Waals surface area contributed by atoms with Gasteiger partial charge in [0.15, 0.2) is 12.3 Å². The maximum Gasteiger partial charge on any atom is 0.459 e. The van der Waals surface area contributed by atoms with Gasteiger partial charge in [0.1, 0.15) is 23.3 Å². The summed E-state index contributed by atoms with van der Waals surface area (Å²) >= 11 is 0. The normalized spacial score (nSPS) is 23.7. The maximum absolute atomic E-state index is 14.0. The number of nitrogens with one attached hydrogen (secondary N) is 3. The predicted molar refractivity (Wildman–Crippen MR) is 152 cm³/mol. The highest BCUT2D eigenvalue weighted by atomic mass is 31.2. The quantitative estimate of drug-likeness (QED) is 0.231. The van der Waals surface area contributed by atoms with Crippen LogP contribution in [0.1, 0.15) is 47.8 Å². The molecule has 15 nitrogen and oxygen atoms in total. The van der Waals surface area contributed by atoms with Gasteiger partial charge in [-0.25, -0.2) is 14.2 Å². The molecule has 1 saturated heterocycles. The van der Waals surface area contributed by atoms with E-state index >= 15 is 0 Å². The zero-order chi connectivity index (χ0) is 31.9. The lowest BCUT2D eigenvalue weighted by Crippen LogP contribution is -2.45. The lowest BCUT2D eigenvalue weighted by molar-refractivity contribution is -0.149. The predicted octanol–water partition coefficient (Wildman–Crippen LogP) is 2.60. The van der Waals surface area contributed by atoms with E-state index in [9.17, 15) is 29.0 Å². The summed E-state index contributed by atoms with van der Waals surface area (Å²) in [4.78, 5) is 51.6. The van der Waals surface area contributed by atoms with Crippen molar-refractivity contribution >= 4 is 19.8 Å². The molecule has 1 aliphatic heterocycles. The van der Waals surface area contributed by atoms with Gasteiger partial charge in [-0.1, -0.05) is 18.2 Å². The number of nitrogens with zero attached hydrogens (tertiary/aromatic N) is 2. The van der Waals surface area contributed by atoms with E-state index in [1.807, 2.05) is 0 Å². The molecule has 1 aromatic heterocycles. The van der Waals surface area contributed by atoms with Crippen molar-refractivity contribution in [2.75, 3.05) is 6.61 Å². The number of alkyl carbamates (subject to hydrolysis) is 1. The Bertz CT molecular complexity index is 1490. The van der Waals surface area contributed by atoms with E-state index in [4.69, 9.17) is 23.3 Å². The number of aromatic nitrogens is 2. The van der Waals surface area contributed by atoms with Crippen molar-refractivity contribution in [2.24, 2.45) is 5.41 Å². The molecule has 0 radical (unpaired) electrons. The Hall–Kier alpha value is -3.96. The van der Waals surface area contributed by atoms with Crippen LogP contribution in [-0.4, -0.2) is 58.6 Å². The third-order valence-electron chi connectivity index (χ3n) is 6.17. The molecule has 2 heterocycles. The van der Waals surface area contributed by atoms with Gasteiger partial charge in [0.25, 0.3) is 5.56 Å². The fourth-order valence-electron chi connectivity index (χ4n) is 4.21. The Morgan fingerprint density at radius 1 is 1.16 bits per heavy atom. The molecule has 0 aliphatic carbocycles. The summed E-state index contributed by atoms with van der Waals surface area (Å²) in [7, 11) is -4.37. The Balaban J connectivity index is 1.96. The van der Waals surface area contributed by atoms with Crippen LogP contribution >= 0.6 is 7.75 Å². The highest BCUT2D eigenvalue weighted by Gasteiger charge is 2.58. The number of carbonyl (C=O) groups excluding carboxylic acids is 2. The number of nitriles is 1. The molecule has 0 spiro atoms. The number of para-hydroxylation sites is 1. The van der Waals surface area contributed by atoms with E-state index in [0.29, 0.717) is 0 Å².